The van der Waals surface area contributed by atoms with E-state index in [1.807, 2.05) is 4.90 Å². The highest BCUT2D eigenvalue weighted by molar-refractivity contribution is 5.01. The molecule has 13 heavy (non-hydrogen) atoms. The second-order valence-corrected chi connectivity index (χ2v) is 3.89. The molecule has 4 N–H and O–H groups in total. The van der Waals surface area contributed by atoms with Crippen molar-refractivity contribution in [2.75, 3.05) is 13.1 Å². The summed E-state index contributed by atoms with van der Waals surface area (Å²) in [5.41, 5.74) is 0. The van der Waals surface area contributed by atoms with Gasteiger partial charge in [0.2, 0.25) is 0 Å². The van der Waals surface area contributed by atoms with Crippen molar-refractivity contribution in [1.29, 1.82) is 0 Å². The second-order valence-electron chi connectivity index (χ2n) is 3.89. The van der Waals surface area contributed by atoms with Crippen LogP contribution in [0, 0.1) is 0 Å². The first kappa shape index (κ1) is 9.36. The molecule has 5 heteroatoms. The van der Waals surface area contributed by atoms with Gasteiger partial charge in [0.15, 0.2) is 0 Å². The average molecular weight is 189 g/mol. The second kappa shape index (κ2) is 3.18. The molecule has 0 aliphatic carbocycles. The van der Waals surface area contributed by atoms with E-state index in [4.69, 9.17) is 0 Å². The molecular weight excluding hydrogens is 174 g/mol. The number of aliphatic hydroxyl groups is 4. The molecule has 0 bridgehead atoms. The zero-order chi connectivity index (χ0) is 9.59. The number of piperidine rings is 1. The van der Waals surface area contributed by atoms with E-state index < -0.39 is 30.5 Å². The number of hydrogen-bond donors (Lipinski definition) is 4. The van der Waals surface area contributed by atoms with E-state index in [1.54, 1.807) is 0 Å². The predicted molar refractivity (Wildman–Crippen MR) is 44.0 cm³/mol. The lowest BCUT2D eigenvalue weighted by molar-refractivity contribution is -0.140. The smallest absolute Gasteiger partial charge is 0.109 e. The number of hydrogen-bond acceptors (Lipinski definition) is 5. The third-order valence-corrected chi connectivity index (χ3v) is 3.04. The van der Waals surface area contributed by atoms with Crippen molar-refractivity contribution >= 4 is 0 Å². The minimum Gasteiger partial charge on any atom is -0.391 e. The van der Waals surface area contributed by atoms with Crippen LogP contribution in [-0.2, 0) is 0 Å². The van der Waals surface area contributed by atoms with E-state index in [9.17, 15) is 20.4 Å². The lowest BCUT2D eigenvalue weighted by Crippen LogP contribution is -2.61. The van der Waals surface area contributed by atoms with Crippen molar-refractivity contribution in [3.8, 4) is 0 Å². The van der Waals surface area contributed by atoms with Gasteiger partial charge in [-0.3, -0.25) is 4.90 Å². The number of rotatable bonds is 0. The predicted octanol–water partition coefficient (Wildman–Crippen LogP) is -2.48. The van der Waals surface area contributed by atoms with Crippen LogP contribution in [0.15, 0.2) is 0 Å². The van der Waals surface area contributed by atoms with Gasteiger partial charge in [0, 0.05) is 13.1 Å². The van der Waals surface area contributed by atoms with E-state index >= 15 is 0 Å². The van der Waals surface area contributed by atoms with Gasteiger partial charge in [-0.2, -0.15) is 0 Å². The van der Waals surface area contributed by atoms with Crippen LogP contribution in [0.5, 0.6) is 0 Å². The molecule has 2 heterocycles. The molecule has 0 aromatic rings. The maximum atomic E-state index is 9.58. The summed E-state index contributed by atoms with van der Waals surface area (Å²) in [6.45, 7) is 1.01. The third kappa shape index (κ3) is 1.37. The molecular formula is C8H15NO4. The minimum atomic E-state index is -1.13. The summed E-state index contributed by atoms with van der Waals surface area (Å²) in [6, 6.07) is -0.404. The summed E-state index contributed by atoms with van der Waals surface area (Å²) >= 11 is 0. The van der Waals surface area contributed by atoms with Crippen molar-refractivity contribution in [3.63, 3.8) is 0 Å². The van der Waals surface area contributed by atoms with Crippen molar-refractivity contribution in [2.24, 2.45) is 0 Å². The number of nitrogens with zero attached hydrogens (tertiary/aromatic N) is 1. The van der Waals surface area contributed by atoms with Crippen LogP contribution in [0.2, 0.25) is 0 Å². The lowest BCUT2D eigenvalue weighted by atomic mass is 9.93. The summed E-state index contributed by atoms with van der Waals surface area (Å²) in [4.78, 5) is 1.83. The SMILES string of the molecule is O[C@H]1[C@H](O)[C@@H](O)CN2CC[C@H](O)[C@@H]12. The molecule has 0 unspecified atom stereocenters. The van der Waals surface area contributed by atoms with Gasteiger partial charge in [-0.1, -0.05) is 0 Å². The van der Waals surface area contributed by atoms with Crippen LogP contribution in [0.3, 0.4) is 0 Å². The van der Waals surface area contributed by atoms with Crippen molar-refractivity contribution in [1.82, 2.24) is 4.90 Å². The van der Waals surface area contributed by atoms with Crippen LogP contribution < -0.4 is 0 Å². The first-order valence-corrected chi connectivity index (χ1v) is 4.57. The Morgan fingerprint density at radius 1 is 0.923 bits per heavy atom. The van der Waals surface area contributed by atoms with Crippen LogP contribution >= 0.6 is 0 Å². The third-order valence-electron chi connectivity index (χ3n) is 3.04. The van der Waals surface area contributed by atoms with Gasteiger partial charge in [-0.05, 0) is 6.42 Å². The van der Waals surface area contributed by atoms with Gasteiger partial charge in [0.05, 0.1) is 18.2 Å². The Bertz CT molecular complexity index is 201. The summed E-state index contributed by atoms with van der Waals surface area (Å²) < 4.78 is 0. The highest BCUT2D eigenvalue weighted by Gasteiger charge is 2.47. The maximum Gasteiger partial charge on any atom is 0.109 e. The van der Waals surface area contributed by atoms with Crippen molar-refractivity contribution in [2.45, 2.75) is 36.9 Å². The quantitative estimate of drug-likeness (QED) is 0.339. The first-order valence-electron chi connectivity index (χ1n) is 4.57. The van der Waals surface area contributed by atoms with E-state index in [-0.39, 0.29) is 0 Å². The van der Waals surface area contributed by atoms with E-state index in [0.29, 0.717) is 19.5 Å². The fraction of sp³-hybridized carbons (Fsp3) is 1.00. The maximum absolute atomic E-state index is 9.58. The molecule has 76 valence electrons. The van der Waals surface area contributed by atoms with E-state index in [1.165, 1.54) is 0 Å². The normalized spacial score (nSPS) is 52.2. The molecule has 0 aromatic heterocycles. The molecule has 5 nitrogen and oxygen atoms in total. The zero-order valence-corrected chi connectivity index (χ0v) is 7.24. The van der Waals surface area contributed by atoms with Crippen LogP contribution in [0.25, 0.3) is 0 Å². The van der Waals surface area contributed by atoms with Crippen LogP contribution in [-0.4, -0.2) is 68.9 Å². The van der Waals surface area contributed by atoms with Gasteiger partial charge < -0.3 is 20.4 Å². The fourth-order valence-corrected chi connectivity index (χ4v) is 2.30. The van der Waals surface area contributed by atoms with Gasteiger partial charge in [0.25, 0.3) is 0 Å². The number of aliphatic hydroxyl groups excluding tert-OH is 4. The summed E-state index contributed by atoms with van der Waals surface area (Å²) in [5.74, 6) is 0. The molecule has 0 amide bonds. The van der Waals surface area contributed by atoms with Gasteiger partial charge in [-0.15, -0.1) is 0 Å². The Morgan fingerprint density at radius 2 is 1.62 bits per heavy atom. The molecule has 5 atom stereocenters. The molecule has 2 rings (SSSR count). The standard InChI is InChI=1S/C8H15NO4/c10-4-1-2-9-3-5(11)7(12)8(13)6(4)9/h4-8,10-13H,1-3H2/t4-,5-,6-,7+,8+/m0/s1. The highest BCUT2D eigenvalue weighted by atomic mass is 16.4. The summed E-state index contributed by atoms with van der Waals surface area (Å²) in [5, 5.41) is 37.8. The average Bonchev–Trinajstić information content (AvgIpc) is 2.43. The van der Waals surface area contributed by atoms with Crippen molar-refractivity contribution in [3.05, 3.63) is 0 Å². The van der Waals surface area contributed by atoms with E-state index in [0.717, 1.165) is 0 Å². The summed E-state index contributed by atoms with van der Waals surface area (Å²) in [7, 11) is 0. The monoisotopic (exact) mass is 189 g/mol. The molecule has 2 aliphatic rings. The topological polar surface area (TPSA) is 84.2 Å². The molecule has 0 spiro atoms. The Labute approximate surface area is 76.2 Å². The van der Waals surface area contributed by atoms with Gasteiger partial charge in [0.1, 0.15) is 12.2 Å². The van der Waals surface area contributed by atoms with Gasteiger partial charge in [-0.25, -0.2) is 0 Å². The molecule has 2 fully saturated rings. The van der Waals surface area contributed by atoms with Crippen LogP contribution in [0.4, 0.5) is 0 Å². The van der Waals surface area contributed by atoms with Crippen molar-refractivity contribution < 1.29 is 20.4 Å². The minimum absolute atomic E-state index is 0.333. The Morgan fingerprint density at radius 3 is 2.31 bits per heavy atom. The number of fused-ring (bicyclic) bond motifs is 1. The Hall–Kier alpha value is -0.200. The molecule has 0 radical (unpaired) electrons. The molecule has 0 saturated carbocycles. The zero-order valence-electron chi connectivity index (χ0n) is 7.24. The molecule has 2 saturated heterocycles. The highest BCUT2D eigenvalue weighted by Crippen LogP contribution is 2.27. The summed E-state index contributed by atoms with van der Waals surface area (Å²) in [6.07, 6.45) is -3.06. The largest absolute Gasteiger partial charge is 0.391 e. The van der Waals surface area contributed by atoms with E-state index in [2.05, 4.69) is 0 Å². The first-order chi connectivity index (χ1) is 6.11. The van der Waals surface area contributed by atoms with Crippen LogP contribution in [0.1, 0.15) is 6.42 Å². The Balaban J connectivity index is 2.15. The fourth-order valence-electron chi connectivity index (χ4n) is 2.30. The lowest BCUT2D eigenvalue weighted by Gasteiger charge is -2.40. The molecule has 2 aliphatic heterocycles. The van der Waals surface area contributed by atoms with Gasteiger partial charge >= 0.3 is 0 Å². The Kier molecular flexibility index (Phi) is 2.29. The molecule has 0 aromatic carbocycles.